The zero-order chi connectivity index (χ0) is 28.8. The van der Waals surface area contributed by atoms with Gasteiger partial charge < -0.3 is 14.8 Å². The van der Waals surface area contributed by atoms with Crippen LogP contribution >= 0.6 is 11.6 Å². The summed E-state index contributed by atoms with van der Waals surface area (Å²) in [6.07, 6.45) is 1.71. The van der Waals surface area contributed by atoms with Crippen molar-refractivity contribution in [1.29, 1.82) is 0 Å². The van der Waals surface area contributed by atoms with E-state index in [-0.39, 0.29) is 33.7 Å². The second-order valence-corrected chi connectivity index (χ2v) is 13.1. The molecular weight excluding hydrogens is 578 g/mol. The molecule has 4 rings (SSSR count). The average molecular weight is 608 g/mol. The fraction of sp³-hybridized carbons (Fsp3) is 0.296. The molecule has 40 heavy (non-hydrogen) atoms. The molecule has 0 bridgehead atoms. The minimum atomic E-state index is -4.09. The van der Waals surface area contributed by atoms with Crippen molar-refractivity contribution in [3.05, 3.63) is 77.8 Å². The van der Waals surface area contributed by atoms with E-state index in [0.717, 1.165) is 17.1 Å². The number of carbonyl (C=O) groups excluding carboxylic acids is 1. The molecule has 1 saturated heterocycles. The van der Waals surface area contributed by atoms with Gasteiger partial charge in [0.25, 0.3) is 10.0 Å². The van der Waals surface area contributed by atoms with Crippen LogP contribution in [0.5, 0.6) is 11.5 Å². The van der Waals surface area contributed by atoms with Crippen LogP contribution in [0.3, 0.4) is 0 Å². The Balaban J connectivity index is 1.38. The molecule has 0 spiro atoms. The van der Waals surface area contributed by atoms with Crippen molar-refractivity contribution in [3.63, 3.8) is 0 Å². The van der Waals surface area contributed by atoms with Gasteiger partial charge in [-0.05, 0) is 67.4 Å². The van der Waals surface area contributed by atoms with Gasteiger partial charge in [-0.2, -0.15) is 4.31 Å². The van der Waals surface area contributed by atoms with Crippen molar-refractivity contribution in [1.82, 2.24) is 9.62 Å². The maximum absolute atomic E-state index is 13.4. The standard InChI is InChI=1S/C27H30ClN3O7S2/c1-37-26-14-9-21(19-25(26)28)31(40(35,36)23-7-3-2-4-8-23)20-27(32)29-15-18-38-22-10-12-24(13-11-22)39(33,34)30-16-5-6-17-30/h2-4,7-14,19H,5-6,15-18,20H2,1H3,(H,29,32). The second kappa shape index (κ2) is 12.9. The monoisotopic (exact) mass is 607 g/mol. The predicted octanol–water partition coefficient (Wildman–Crippen LogP) is 3.52. The van der Waals surface area contributed by atoms with E-state index in [4.69, 9.17) is 21.1 Å². The highest BCUT2D eigenvalue weighted by molar-refractivity contribution is 7.92. The van der Waals surface area contributed by atoms with Gasteiger partial charge in [-0.3, -0.25) is 9.10 Å². The maximum Gasteiger partial charge on any atom is 0.264 e. The smallest absolute Gasteiger partial charge is 0.264 e. The maximum atomic E-state index is 13.4. The molecule has 0 saturated carbocycles. The molecular formula is C27H30ClN3O7S2. The zero-order valence-corrected chi connectivity index (χ0v) is 24.2. The van der Waals surface area contributed by atoms with Crippen LogP contribution in [0.4, 0.5) is 5.69 Å². The molecule has 3 aromatic rings. The Bertz CT molecular complexity index is 1530. The third kappa shape index (κ3) is 6.87. The number of carbonyl (C=O) groups is 1. The van der Waals surface area contributed by atoms with Crippen LogP contribution in [-0.4, -0.2) is 66.9 Å². The molecule has 0 aliphatic carbocycles. The largest absolute Gasteiger partial charge is 0.495 e. The highest BCUT2D eigenvalue weighted by atomic mass is 35.5. The Kier molecular flexibility index (Phi) is 9.56. The molecule has 1 amide bonds. The van der Waals surface area contributed by atoms with E-state index >= 15 is 0 Å². The van der Waals surface area contributed by atoms with Crippen LogP contribution in [0.2, 0.25) is 5.02 Å². The summed E-state index contributed by atoms with van der Waals surface area (Å²) >= 11 is 6.24. The van der Waals surface area contributed by atoms with E-state index < -0.39 is 32.5 Å². The molecule has 1 aliphatic heterocycles. The van der Waals surface area contributed by atoms with Crippen LogP contribution in [0.25, 0.3) is 0 Å². The van der Waals surface area contributed by atoms with Gasteiger partial charge in [0, 0.05) is 13.1 Å². The molecule has 214 valence electrons. The number of benzene rings is 3. The first-order valence-corrected chi connectivity index (χ1v) is 15.8. The summed E-state index contributed by atoms with van der Waals surface area (Å²) in [5, 5.41) is 2.85. The number of hydrogen-bond donors (Lipinski definition) is 1. The Hall–Kier alpha value is -3.32. The molecule has 3 aromatic carbocycles. The Labute approximate surface area is 239 Å². The highest BCUT2D eigenvalue weighted by Crippen LogP contribution is 2.32. The lowest BCUT2D eigenvalue weighted by atomic mass is 10.3. The molecule has 0 atom stereocenters. The van der Waals surface area contributed by atoms with E-state index in [1.165, 1.54) is 53.9 Å². The summed E-state index contributed by atoms with van der Waals surface area (Å²) in [5.41, 5.74) is 0.199. The summed E-state index contributed by atoms with van der Waals surface area (Å²) in [4.78, 5) is 13.0. The lowest BCUT2D eigenvalue weighted by Gasteiger charge is -2.24. The first kappa shape index (κ1) is 29.7. The molecule has 13 heteroatoms. The number of rotatable bonds is 12. The number of amides is 1. The number of hydrogen-bond acceptors (Lipinski definition) is 7. The SMILES string of the molecule is COc1ccc(N(CC(=O)NCCOc2ccc(S(=O)(=O)N3CCCC3)cc2)S(=O)(=O)c2ccccc2)cc1Cl. The molecule has 10 nitrogen and oxygen atoms in total. The molecule has 1 heterocycles. The Morgan fingerprint density at radius 1 is 0.950 bits per heavy atom. The molecule has 1 N–H and O–H groups in total. The van der Waals surface area contributed by atoms with Crippen LogP contribution in [0, 0.1) is 0 Å². The number of ether oxygens (including phenoxy) is 2. The third-order valence-electron chi connectivity index (χ3n) is 6.26. The van der Waals surface area contributed by atoms with Crippen molar-refractivity contribution >= 4 is 43.2 Å². The Morgan fingerprint density at radius 3 is 2.25 bits per heavy atom. The van der Waals surface area contributed by atoms with Gasteiger partial charge in [-0.25, -0.2) is 16.8 Å². The van der Waals surface area contributed by atoms with Gasteiger partial charge in [0.05, 0.1) is 34.2 Å². The van der Waals surface area contributed by atoms with Gasteiger partial charge in [0.15, 0.2) is 0 Å². The van der Waals surface area contributed by atoms with Crippen LogP contribution < -0.4 is 19.1 Å². The van der Waals surface area contributed by atoms with E-state index in [1.807, 2.05) is 0 Å². The Morgan fingerprint density at radius 2 is 1.62 bits per heavy atom. The van der Waals surface area contributed by atoms with E-state index in [1.54, 1.807) is 30.3 Å². The van der Waals surface area contributed by atoms with E-state index in [0.29, 0.717) is 24.6 Å². The topological polar surface area (TPSA) is 122 Å². The van der Waals surface area contributed by atoms with E-state index in [9.17, 15) is 21.6 Å². The highest BCUT2D eigenvalue weighted by Gasteiger charge is 2.28. The van der Waals surface area contributed by atoms with Gasteiger partial charge in [-0.15, -0.1) is 0 Å². The van der Waals surface area contributed by atoms with Crippen LogP contribution in [0.1, 0.15) is 12.8 Å². The first-order chi connectivity index (χ1) is 19.1. The predicted molar refractivity (Wildman–Crippen MR) is 152 cm³/mol. The first-order valence-electron chi connectivity index (χ1n) is 12.5. The fourth-order valence-electron chi connectivity index (χ4n) is 4.18. The summed E-state index contributed by atoms with van der Waals surface area (Å²) < 4.78 is 65.4. The van der Waals surface area contributed by atoms with Crippen molar-refractivity contribution in [3.8, 4) is 11.5 Å². The van der Waals surface area contributed by atoms with Crippen molar-refractivity contribution in [2.24, 2.45) is 0 Å². The number of methoxy groups -OCH3 is 1. The summed E-state index contributed by atoms with van der Waals surface area (Å²) in [6.45, 7) is 0.730. The van der Waals surface area contributed by atoms with Crippen molar-refractivity contribution in [2.45, 2.75) is 22.6 Å². The lowest BCUT2D eigenvalue weighted by molar-refractivity contribution is -0.119. The summed E-state index contributed by atoms with van der Waals surface area (Å²) in [5.74, 6) is 0.253. The summed E-state index contributed by atoms with van der Waals surface area (Å²) in [7, 11) is -6.16. The number of nitrogens with one attached hydrogen (secondary N) is 1. The quantitative estimate of drug-likeness (QED) is 0.313. The molecule has 0 radical (unpaired) electrons. The average Bonchev–Trinajstić information content (AvgIpc) is 3.51. The van der Waals surface area contributed by atoms with Crippen molar-refractivity contribution < 1.29 is 31.1 Å². The van der Waals surface area contributed by atoms with Gasteiger partial charge in [0.2, 0.25) is 15.9 Å². The third-order valence-corrected chi connectivity index (χ3v) is 10.3. The molecule has 0 unspecified atom stereocenters. The molecule has 1 aliphatic rings. The summed E-state index contributed by atoms with van der Waals surface area (Å²) in [6, 6.07) is 18.3. The van der Waals surface area contributed by atoms with Gasteiger partial charge >= 0.3 is 0 Å². The van der Waals surface area contributed by atoms with Crippen LogP contribution in [0.15, 0.2) is 82.6 Å². The minimum Gasteiger partial charge on any atom is -0.495 e. The second-order valence-electron chi connectivity index (χ2n) is 8.92. The van der Waals surface area contributed by atoms with E-state index in [2.05, 4.69) is 5.32 Å². The molecule has 0 aromatic heterocycles. The fourth-order valence-corrected chi connectivity index (χ4v) is 7.38. The van der Waals surface area contributed by atoms with Crippen LogP contribution in [-0.2, 0) is 24.8 Å². The van der Waals surface area contributed by atoms with Crippen molar-refractivity contribution in [2.75, 3.05) is 44.2 Å². The zero-order valence-electron chi connectivity index (χ0n) is 21.8. The number of halogens is 1. The minimum absolute atomic E-state index is 0.0215. The lowest BCUT2D eigenvalue weighted by Crippen LogP contribution is -2.41. The number of nitrogens with zero attached hydrogens (tertiary/aromatic N) is 2. The molecule has 1 fully saturated rings. The number of sulfonamides is 2. The van der Waals surface area contributed by atoms with Gasteiger partial charge in [-0.1, -0.05) is 29.8 Å². The number of anilines is 1. The normalized spacial score (nSPS) is 14.1. The van der Waals surface area contributed by atoms with Gasteiger partial charge in [0.1, 0.15) is 24.7 Å².